The van der Waals surface area contributed by atoms with Crippen molar-refractivity contribution >= 4 is 17.9 Å². The number of hydrogen-bond acceptors (Lipinski definition) is 4. The summed E-state index contributed by atoms with van der Waals surface area (Å²) in [5.74, 6) is -0.407. The number of benzene rings is 3. The lowest BCUT2D eigenvalue weighted by molar-refractivity contribution is -0.140. The Morgan fingerprint density at radius 1 is 0.917 bits per heavy atom. The zero-order valence-electron chi connectivity index (χ0n) is 20.3. The lowest BCUT2D eigenvalue weighted by Crippen LogP contribution is -2.67. The quantitative estimate of drug-likeness (QED) is 0.499. The van der Waals surface area contributed by atoms with Gasteiger partial charge < -0.3 is 20.7 Å². The van der Waals surface area contributed by atoms with E-state index in [1.54, 1.807) is 13.8 Å². The van der Waals surface area contributed by atoms with E-state index < -0.39 is 17.7 Å². The predicted molar refractivity (Wildman–Crippen MR) is 136 cm³/mol. The molecule has 0 bridgehead atoms. The Labute approximate surface area is 210 Å². The van der Waals surface area contributed by atoms with E-state index in [-0.39, 0.29) is 24.3 Å². The highest BCUT2D eigenvalue weighted by atomic mass is 16.5. The zero-order chi connectivity index (χ0) is 25.3. The second kappa shape index (κ2) is 9.49. The maximum absolute atomic E-state index is 12.5. The third kappa shape index (κ3) is 4.69. The number of ether oxygens (including phenoxy) is 1. The molecule has 1 atom stereocenters. The van der Waals surface area contributed by atoms with Crippen LogP contribution in [0, 0.1) is 0 Å². The van der Waals surface area contributed by atoms with Gasteiger partial charge in [0.05, 0.1) is 0 Å². The third-order valence-corrected chi connectivity index (χ3v) is 6.84. The van der Waals surface area contributed by atoms with Gasteiger partial charge in [-0.2, -0.15) is 0 Å². The Hall–Kier alpha value is -4.13. The second-order valence-electron chi connectivity index (χ2n) is 9.84. The molecule has 1 unspecified atom stereocenters. The van der Waals surface area contributed by atoms with Crippen LogP contribution in [-0.4, -0.2) is 36.1 Å². The van der Waals surface area contributed by atoms with Gasteiger partial charge >= 0.3 is 6.09 Å². The summed E-state index contributed by atoms with van der Waals surface area (Å²) in [4.78, 5) is 37.1. The molecule has 7 nitrogen and oxygen atoms in total. The van der Waals surface area contributed by atoms with Crippen LogP contribution in [0.1, 0.15) is 42.0 Å². The molecule has 1 heterocycles. The number of carbonyl (C=O) groups excluding carboxylic acids is 3. The summed E-state index contributed by atoms with van der Waals surface area (Å²) < 4.78 is 5.61. The minimum Gasteiger partial charge on any atom is -0.449 e. The van der Waals surface area contributed by atoms with Crippen LogP contribution in [0.25, 0.3) is 11.1 Å². The van der Waals surface area contributed by atoms with E-state index in [0.29, 0.717) is 13.0 Å². The van der Waals surface area contributed by atoms with Crippen LogP contribution in [-0.2, 0) is 27.3 Å². The van der Waals surface area contributed by atoms with Gasteiger partial charge in [0.2, 0.25) is 11.8 Å². The summed E-state index contributed by atoms with van der Waals surface area (Å²) in [6.07, 6.45) is -0.115. The second-order valence-corrected chi connectivity index (χ2v) is 9.84. The van der Waals surface area contributed by atoms with Crippen LogP contribution < -0.4 is 16.0 Å². The van der Waals surface area contributed by atoms with E-state index in [4.69, 9.17) is 4.74 Å². The molecule has 3 N–H and O–H groups in total. The predicted octanol–water partition coefficient (Wildman–Crippen LogP) is 3.66. The summed E-state index contributed by atoms with van der Waals surface area (Å²) >= 11 is 0. The van der Waals surface area contributed by atoms with Crippen LogP contribution >= 0.6 is 0 Å². The molecule has 1 aliphatic carbocycles. The van der Waals surface area contributed by atoms with Gasteiger partial charge in [-0.3, -0.25) is 9.59 Å². The maximum Gasteiger partial charge on any atom is 0.407 e. The highest BCUT2D eigenvalue weighted by molar-refractivity contribution is 5.99. The van der Waals surface area contributed by atoms with Gasteiger partial charge in [0.1, 0.15) is 18.2 Å². The molecule has 2 aliphatic rings. The largest absolute Gasteiger partial charge is 0.449 e. The van der Waals surface area contributed by atoms with Gasteiger partial charge in [-0.15, -0.1) is 0 Å². The Morgan fingerprint density at radius 3 is 2.25 bits per heavy atom. The molecule has 5 rings (SSSR count). The zero-order valence-corrected chi connectivity index (χ0v) is 20.3. The lowest BCUT2D eigenvalue weighted by Gasteiger charge is -2.34. The fourth-order valence-corrected chi connectivity index (χ4v) is 4.93. The first kappa shape index (κ1) is 23.6. The Balaban J connectivity index is 1.17. The molecule has 3 amide bonds. The number of amides is 3. The van der Waals surface area contributed by atoms with Crippen molar-refractivity contribution in [2.75, 3.05) is 6.61 Å². The van der Waals surface area contributed by atoms with E-state index in [1.165, 1.54) is 22.3 Å². The van der Waals surface area contributed by atoms with Crippen molar-refractivity contribution in [2.24, 2.45) is 0 Å². The average Bonchev–Trinajstić information content (AvgIpc) is 3.18. The minimum atomic E-state index is -0.914. The molecule has 7 heteroatoms. The van der Waals surface area contributed by atoms with E-state index in [0.717, 1.165) is 11.1 Å². The molecule has 1 aliphatic heterocycles. The first-order valence-corrected chi connectivity index (χ1v) is 12.1. The van der Waals surface area contributed by atoms with Crippen molar-refractivity contribution in [3.05, 3.63) is 95.1 Å². The van der Waals surface area contributed by atoms with Crippen molar-refractivity contribution in [3.8, 4) is 11.1 Å². The number of alkyl carbamates (subject to hydrolysis) is 1. The lowest BCUT2D eigenvalue weighted by atomic mass is 9.95. The van der Waals surface area contributed by atoms with Gasteiger partial charge in [-0.1, -0.05) is 72.8 Å². The molecular weight excluding hydrogens is 454 g/mol. The summed E-state index contributed by atoms with van der Waals surface area (Å²) in [5, 5.41) is 8.37. The molecule has 1 fully saturated rings. The summed E-state index contributed by atoms with van der Waals surface area (Å²) in [6.45, 7) is 3.89. The van der Waals surface area contributed by atoms with Crippen molar-refractivity contribution in [1.82, 2.24) is 16.0 Å². The van der Waals surface area contributed by atoms with Crippen LogP contribution in [0.5, 0.6) is 0 Å². The fourth-order valence-electron chi connectivity index (χ4n) is 4.93. The van der Waals surface area contributed by atoms with Crippen LogP contribution in [0.15, 0.2) is 72.8 Å². The van der Waals surface area contributed by atoms with Crippen molar-refractivity contribution in [2.45, 2.75) is 44.3 Å². The molecule has 36 heavy (non-hydrogen) atoms. The molecular formula is C29H29N3O4. The Kier molecular flexibility index (Phi) is 6.22. The number of hydrogen-bond donors (Lipinski definition) is 3. The Morgan fingerprint density at radius 2 is 1.56 bits per heavy atom. The fraction of sp³-hybridized carbons (Fsp3) is 0.276. The summed E-state index contributed by atoms with van der Waals surface area (Å²) in [7, 11) is 0. The SMILES string of the molecule is CC1(C)NC(=O)C(Cc2cccc(CNC(=O)OCC3c4ccccc4-c4ccccc43)c2)NC1=O. The molecule has 0 saturated carbocycles. The van der Waals surface area contributed by atoms with E-state index in [2.05, 4.69) is 40.2 Å². The van der Waals surface area contributed by atoms with E-state index >= 15 is 0 Å². The smallest absolute Gasteiger partial charge is 0.407 e. The molecule has 3 aromatic carbocycles. The average molecular weight is 484 g/mol. The molecule has 184 valence electrons. The monoisotopic (exact) mass is 483 g/mol. The first-order chi connectivity index (χ1) is 17.3. The normalized spacial score (nSPS) is 18.0. The highest BCUT2D eigenvalue weighted by Crippen LogP contribution is 2.44. The molecule has 0 radical (unpaired) electrons. The first-order valence-electron chi connectivity index (χ1n) is 12.1. The van der Waals surface area contributed by atoms with Gasteiger partial charge in [-0.05, 0) is 47.2 Å². The number of piperazine rings is 1. The van der Waals surface area contributed by atoms with Crippen molar-refractivity contribution in [1.29, 1.82) is 0 Å². The van der Waals surface area contributed by atoms with E-state index in [9.17, 15) is 14.4 Å². The summed E-state index contributed by atoms with van der Waals surface area (Å²) in [6, 6.07) is 23.4. The highest BCUT2D eigenvalue weighted by Gasteiger charge is 2.39. The molecule has 3 aromatic rings. The molecule has 1 saturated heterocycles. The maximum atomic E-state index is 12.5. The van der Waals surface area contributed by atoms with Crippen molar-refractivity contribution in [3.63, 3.8) is 0 Å². The Bertz CT molecular complexity index is 1290. The number of fused-ring (bicyclic) bond motifs is 3. The number of carbonyl (C=O) groups is 3. The van der Waals surface area contributed by atoms with Gasteiger partial charge in [0.25, 0.3) is 0 Å². The molecule has 0 aromatic heterocycles. The summed E-state index contributed by atoms with van der Waals surface area (Å²) in [5.41, 5.74) is 5.56. The minimum absolute atomic E-state index is 0.00769. The number of nitrogens with one attached hydrogen (secondary N) is 3. The van der Waals surface area contributed by atoms with E-state index in [1.807, 2.05) is 48.5 Å². The topological polar surface area (TPSA) is 96.5 Å². The van der Waals surface area contributed by atoms with Crippen LogP contribution in [0.2, 0.25) is 0 Å². The van der Waals surface area contributed by atoms with Crippen LogP contribution in [0.4, 0.5) is 4.79 Å². The van der Waals surface area contributed by atoms with Gasteiger partial charge in [-0.25, -0.2) is 4.79 Å². The number of rotatable bonds is 6. The van der Waals surface area contributed by atoms with Gasteiger partial charge in [0.15, 0.2) is 0 Å². The van der Waals surface area contributed by atoms with Crippen LogP contribution in [0.3, 0.4) is 0 Å². The van der Waals surface area contributed by atoms with Gasteiger partial charge in [0, 0.05) is 18.9 Å². The third-order valence-electron chi connectivity index (χ3n) is 6.84. The molecule has 0 spiro atoms. The van der Waals surface area contributed by atoms with Crippen molar-refractivity contribution < 1.29 is 19.1 Å². The standard InChI is InChI=1S/C29H29N3O4/c1-29(2)27(34)31-25(26(33)32-29)15-18-8-7-9-19(14-18)16-30-28(35)36-17-24-22-12-5-3-10-20(22)21-11-4-6-13-23(21)24/h3-14,24-25H,15-17H2,1-2H3,(H,30,35)(H,31,34)(H,32,33).